The lowest BCUT2D eigenvalue weighted by molar-refractivity contribution is 0.0709. The molecule has 1 saturated heterocycles. The third kappa shape index (κ3) is 3.35. The van der Waals surface area contributed by atoms with Crippen LogP contribution in [0.3, 0.4) is 0 Å². The van der Waals surface area contributed by atoms with Crippen molar-refractivity contribution in [2.45, 2.75) is 32.2 Å². The molecule has 3 aromatic rings. The molecule has 0 aliphatic carbocycles. The van der Waals surface area contributed by atoms with Crippen LogP contribution in [0.25, 0.3) is 0 Å². The molecule has 3 heterocycles. The van der Waals surface area contributed by atoms with E-state index in [-0.39, 0.29) is 11.9 Å². The maximum atomic E-state index is 12.9. The number of likely N-dealkylation sites (tertiary alicyclic amines) is 1. The van der Waals surface area contributed by atoms with Crippen LogP contribution in [0.5, 0.6) is 0 Å². The average Bonchev–Trinajstić information content (AvgIpc) is 3.35. The SMILES string of the molecule is Cc1cc([C@@H]2CCCN2C(=O)c2csc(Cc3ccccc3)n2)on1. The molecule has 1 fully saturated rings. The second-order valence-corrected chi connectivity index (χ2v) is 7.26. The minimum Gasteiger partial charge on any atom is -0.359 e. The van der Waals surface area contributed by atoms with E-state index in [4.69, 9.17) is 4.52 Å². The zero-order valence-electron chi connectivity index (χ0n) is 14.0. The van der Waals surface area contributed by atoms with E-state index in [1.165, 1.54) is 16.9 Å². The highest BCUT2D eigenvalue weighted by Crippen LogP contribution is 2.33. The van der Waals surface area contributed by atoms with E-state index in [1.807, 2.05) is 41.5 Å². The molecule has 0 unspecified atom stereocenters. The summed E-state index contributed by atoms with van der Waals surface area (Å²) in [4.78, 5) is 19.3. The molecule has 4 rings (SSSR count). The molecule has 1 aliphatic rings. The zero-order valence-corrected chi connectivity index (χ0v) is 14.8. The number of carbonyl (C=O) groups excluding carboxylic acids is 1. The van der Waals surface area contributed by atoms with E-state index in [0.29, 0.717) is 5.69 Å². The normalized spacial score (nSPS) is 17.2. The number of hydrogen-bond donors (Lipinski definition) is 0. The predicted octanol–water partition coefficient (Wildman–Crippen LogP) is 4.01. The van der Waals surface area contributed by atoms with E-state index in [0.717, 1.165) is 42.3 Å². The first-order chi connectivity index (χ1) is 12.2. The Morgan fingerprint density at radius 3 is 2.96 bits per heavy atom. The number of aromatic nitrogens is 2. The summed E-state index contributed by atoms with van der Waals surface area (Å²) >= 11 is 1.54. The van der Waals surface area contributed by atoms with Gasteiger partial charge in [0, 0.05) is 24.4 Å². The highest BCUT2D eigenvalue weighted by molar-refractivity contribution is 7.09. The lowest BCUT2D eigenvalue weighted by Crippen LogP contribution is -2.30. The number of hydrogen-bond acceptors (Lipinski definition) is 5. The summed E-state index contributed by atoms with van der Waals surface area (Å²) in [7, 11) is 0. The molecule has 1 atom stereocenters. The van der Waals surface area contributed by atoms with Gasteiger partial charge in [-0.05, 0) is 25.3 Å². The molecule has 25 heavy (non-hydrogen) atoms. The van der Waals surface area contributed by atoms with E-state index in [2.05, 4.69) is 22.3 Å². The molecule has 0 spiro atoms. The molecule has 1 amide bonds. The van der Waals surface area contributed by atoms with Gasteiger partial charge in [0.1, 0.15) is 5.69 Å². The summed E-state index contributed by atoms with van der Waals surface area (Å²) in [5.41, 5.74) is 2.57. The van der Waals surface area contributed by atoms with Crippen LogP contribution in [0.15, 0.2) is 46.3 Å². The van der Waals surface area contributed by atoms with Crippen LogP contribution in [-0.4, -0.2) is 27.5 Å². The van der Waals surface area contributed by atoms with Crippen molar-refractivity contribution in [1.29, 1.82) is 0 Å². The summed E-state index contributed by atoms with van der Waals surface area (Å²) in [6.45, 7) is 2.62. The van der Waals surface area contributed by atoms with Gasteiger partial charge < -0.3 is 9.42 Å². The van der Waals surface area contributed by atoms with E-state index >= 15 is 0 Å². The van der Waals surface area contributed by atoms with Gasteiger partial charge in [0.15, 0.2) is 5.76 Å². The Morgan fingerprint density at radius 1 is 1.36 bits per heavy atom. The van der Waals surface area contributed by atoms with Gasteiger partial charge in [-0.25, -0.2) is 4.98 Å². The van der Waals surface area contributed by atoms with Gasteiger partial charge in [-0.2, -0.15) is 0 Å². The van der Waals surface area contributed by atoms with E-state index in [1.54, 1.807) is 0 Å². The van der Waals surface area contributed by atoms with Gasteiger partial charge in [0.2, 0.25) is 0 Å². The molecule has 1 aliphatic heterocycles. The summed E-state index contributed by atoms with van der Waals surface area (Å²) in [6, 6.07) is 12.1. The Balaban J connectivity index is 1.51. The number of benzene rings is 1. The Kier molecular flexibility index (Phi) is 4.36. The quantitative estimate of drug-likeness (QED) is 0.711. The van der Waals surface area contributed by atoms with Gasteiger partial charge in [-0.3, -0.25) is 4.79 Å². The Morgan fingerprint density at radius 2 is 2.20 bits per heavy atom. The third-order valence-electron chi connectivity index (χ3n) is 4.46. The Hall–Kier alpha value is -2.47. The number of aryl methyl sites for hydroxylation is 1. The summed E-state index contributed by atoms with van der Waals surface area (Å²) < 4.78 is 5.39. The Bertz CT molecular complexity index is 872. The van der Waals surface area contributed by atoms with Gasteiger partial charge >= 0.3 is 0 Å². The maximum absolute atomic E-state index is 12.9. The number of thiazole rings is 1. The first-order valence-electron chi connectivity index (χ1n) is 8.43. The monoisotopic (exact) mass is 353 g/mol. The van der Waals surface area contributed by atoms with Crippen molar-refractivity contribution in [3.05, 3.63) is 69.5 Å². The molecule has 2 aromatic heterocycles. The van der Waals surface area contributed by atoms with Crippen LogP contribution < -0.4 is 0 Å². The molecule has 0 bridgehead atoms. The molecule has 0 N–H and O–H groups in total. The lowest BCUT2D eigenvalue weighted by atomic mass is 10.1. The topological polar surface area (TPSA) is 59.2 Å². The van der Waals surface area contributed by atoms with Crippen molar-refractivity contribution in [1.82, 2.24) is 15.0 Å². The molecule has 5 nitrogen and oxygen atoms in total. The van der Waals surface area contributed by atoms with Gasteiger partial charge in [0.25, 0.3) is 5.91 Å². The number of amides is 1. The Labute approximate surface area is 150 Å². The average molecular weight is 353 g/mol. The van der Waals surface area contributed by atoms with Crippen LogP contribution in [0, 0.1) is 6.92 Å². The fourth-order valence-electron chi connectivity index (χ4n) is 3.25. The van der Waals surface area contributed by atoms with Gasteiger partial charge in [-0.15, -0.1) is 11.3 Å². The highest BCUT2D eigenvalue weighted by Gasteiger charge is 2.34. The number of nitrogens with zero attached hydrogens (tertiary/aromatic N) is 3. The van der Waals surface area contributed by atoms with Gasteiger partial charge in [0.05, 0.1) is 16.7 Å². The highest BCUT2D eigenvalue weighted by atomic mass is 32.1. The largest absolute Gasteiger partial charge is 0.359 e. The van der Waals surface area contributed by atoms with Crippen LogP contribution in [0.4, 0.5) is 0 Å². The predicted molar refractivity (Wildman–Crippen MR) is 95.6 cm³/mol. The first kappa shape index (κ1) is 16.0. The van der Waals surface area contributed by atoms with Crippen molar-refractivity contribution in [3.8, 4) is 0 Å². The van der Waals surface area contributed by atoms with Crippen molar-refractivity contribution < 1.29 is 9.32 Å². The van der Waals surface area contributed by atoms with Crippen molar-refractivity contribution in [2.24, 2.45) is 0 Å². The molecule has 6 heteroatoms. The second-order valence-electron chi connectivity index (χ2n) is 6.32. The van der Waals surface area contributed by atoms with Crippen LogP contribution in [-0.2, 0) is 6.42 Å². The van der Waals surface area contributed by atoms with Crippen molar-refractivity contribution in [3.63, 3.8) is 0 Å². The molecule has 0 radical (unpaired) electrons. The molecular weight excluding hydrogens is 334 g/mol. The van der Waals surface area contributed by atoms with Crippen LogP contribution in [0.2, 0.25) is 0 Å². The second kappa shape index (κ2) is 6.80. The molecule has 128 valence electrons. The smallest absolute Gasteiger partial charge is 0.273 e. The van der Waals surface area contributed by atoms with Gasteiger partial charge in [-0.1, -0.05) is 35.5 Å². The van der Waals surface area contributed by atoms with Crippen LogP contribution >= 0.6 is 11.3 Å². The fraction of sp³-hybridized carbons (Fsp3) is 0.316. The first-order valence-corrected chi connectivity index (χ1v) is 9.31. The zero-order chi connectivity index (χ0) is 17.2. The van der Waals surface area contributed by atoms with Crippen molar-refractivity contribution in [2.75, 3.05) is 6.54 Å². The minimum absolute atomic E-state index is 0.0212. The fourth-order valence-corrected chi connectivity index (χ4v) is 4.06. The summed E-state index contributed by atoms with van der Waals surface area (Å²) in [5, 5.41) is 6.77. The lowest BCUT2D eigenvalue weighted by Gasteiger charge is -2.21. The third-order valence-corrected chi connectivity index (χ3v) is 5.31. The maximum Gasteiger partial charge on any atom is 0.273 e. The summed E-state index contributed by atoms with van der Waals surface area (Å²) in [6.07, 6.45) is 2.63. The molecular formula is C19H19N3O2S. The van der Waals surface area contributed by atoms with Crippen molar-refractivity contribution >= 4 is 17.2 Å². The number of carbonyl (C=O) groups is 1. The summed E-state index contributed by atoms with van der Waals surface area (Å²) in [5.74, 6) is 0.746. The molecule has 0 saturated carbocycles. The van der Waals surface area contributed by atoms with E-state index < -0.39 is 0 Å². The van der Waals surface area contributed by atoms with E-state index in [9.17, 15) is 4.79 Å². The van der Waals surface area contributed by atoms with Crippen LogP contribution in [0.1, 0.15) is 51.4 Å². The minimum atomic E-state index is -0.0343. The standard InChI is InChI=1S/C19H19N3O2S/c1-13-10-17(24-21-13)16-8-5-9-22(16)19(23)15-12-25-18(20-15)11-14-6-3-2-4-7-14/h2-4,6-7,10,12,16H,5,8-9,11H2,1H3/t16-/m0/s1. The number of rotatable bonds is 4. The molecule has 1 aromatic carbocycles.